The molecule has 1 amide bonds. The summed E-state index contributed by atoms with van der Waals surface area (Å²) in [4.78, 5) is 21.8. The van der Waals surface area contributed by atoms with Gasteiger partial charge in [0.25, 0.3) is 5.91 Å². The monoisotopic (exact) mass is 382 g/mol. The fourth-order valence-corrected chi connectivity index (χ4v) is 3.71. The van der Waals surface area contributed by atoms with Gasteiger partial charge in [-0.15, -0.1) is 24.8 Å². The van der Waals surface area contributed by atoms with E-state index in [-0.39, 0.29) is 30.7 Å². The number of aromatic nitrogens is 1. The van der Waals surface area contributed by atoms with Crippen LogP contribution in [0.3, 0.4) is 0 Å². The number of carbonyl (C=O) groups excluding carboxylic acids is 1. The third kappa shape index (κ3) is 4.06. The molecule has 1 aromatic carbocycles. The molecule has 0 aliphatic carbocycles. The third-order valence-electron chi connectivity index (χ3n) is 4.99. The lowest BCUT2D eigenvalue weighted by atomic mass is 10.1. The summed E-state index contributed by atoms with van der Waals surface area (Å²) in [6.07, 6.45) is 2.80. The van der Waals surface area contributed by atoms with Crippen molar-refractivity contribution in [2.45, 2.75) is 12.5 Å². The summed E-state index contributed by atoms with van der Waals surface area (Å²) >= 11 is 0. The maximum Gasteiger partial charge on any atom is 0.273 e. The molecule has 0 radical (unpaired) electrons. The highest BCUT2D eigenvalue weighted by Gasteiger charge is 2.32. The van der Waals surface area contributed by atoms with Crippen molar-refractivity contribution in [3.63, 3.8) is 0 Å². The minimum atomic E-state index is 0. The Bertz CT molecular complexity index is 716. The number of piperazine rings is 1. The summed E-state index contributed by atoms with van der Waals surface area (Å²) in [6, 6.07) is 10.4. The van der Waals surface area contributed by atoms with Crippen molar-refractivity contribution in [1.82, 2.24) is 20.1 Å². The number of nitrogens with zero attached hydrogens (tertiary/aromatic N) is 3. The molecule has 1 aromatic heterocycles. The fourth-order valence-electron chi connectivity index (χ4n) is 3.71. The van der Waals surface area contributed by atoms with Crippen molar-refractivity contribution in [2.24, 2.45) is 0 Å². The van der Waals surface area contributed by atoms with E-state index in [0.717, 1.165) is 56.5 Å². The predicted molar refractivity (Wildman–Crippen MR) is 105 cm³/mol. The van der Waals surface area contributed by atoms with Gasteiger partial charge in [-0.3, -0.25) is 14.7 Å². The summed E-state index contributed by atoms with van der Waals surface area (Å²) in [5, 5.41) is 5.41. The number of fused-ring (bicyclic) bond motifs is 1. The van der Waals surface area contributed by atoms with Crippen molar-refractivity contribution < 1.29 is 4.79 Å². The molecule has 2 aliphatic rings. The molecule has 2 saturated heterocycles. The predicted octanol–water partition coefficient (Wildman–Crippen LogP) is 2.20. The Morgan fingerprint density at radius 2 is 1.84 bits per heavy atom. The molecule has 136 valence electrons. The van der Waals surface area contributed by atoms with E-state index in [1.165, 1.54) is 0 Å². The van der Waals surface area contributed by atoms with E-state index in [1.807, 2.05) is 35.2 Å². The number of hydrogen-bond donors (Lipinski definition) is 1. The van der Waals surface area contributed by atoms with Crippen LogP contribution in [0.2, 0.25) is 0 Å². The summed E-state index contributed by atoms with van der Waals surface area (Å²) in [5.41, 5.74) is 0.587. The van der Waals surface area contributed by atoms with Gasteiger partial charge in [0, 0.05) is 56.9 Å². The second-order valence-electron chi connectivity index (χ2n) is 6.36. The molecule has 2 fully saturated rings. The van der Waals surface area contributed by atoms with Crippen LogP contribution in [0.5, 0.6) is 0 Å². The molecular formula is C18H24Cl2N4O. The first-order chi connectivity index (χ1) is 11.3. The molecule has 2 aromatic rings. The minimum Gasteiger partial charge on any atom is -0.336 e. The van der Waals surface area contributed by atoms with Gasteiger partial charge < -0.3 is 10.2 Å². The van der Waals surface area contributed by atoms with Crippen LogP contribution in [-0.2, 0) is 0 Å². The number of amides is 1. The van der Waals surface area contributed by atoms with Crippen molar-refractivity contribution in [3.8, 4) is 0 Å². The van der Waals surface area contributed by atoms with Gasteiger partial charge in [-0.2, -0.15) is 0 Å². The highest BCUT2D eigenvalue weighted by Crippen LogP contribution is 2.22. The Kier molecular flexibility index (Phi) is 7.02. The summed E-state index contributed by atoms with van der Waals surface area (Å²) in [7, 11) is 0. The van der Waals surface area contributed by atoms with Crippen molar-refractivity contribution in [2.75, 3.05) is 39.3 Å². The Labute approximate surface area is 160 Å². The van der Waals surface area contributed by atoms with Crippen LogP contribution in [0.15, 0.2) is 36.5 Å². The molecule has 7 heteroatoms. The first kappa shape index (κ1) is 19.9. The Morgan fingerprint density at radius 1 is 1.08 bits per heavy atom. The number of rotatable bonds is 2. The lowest BCUT2D eigenvalue weighted by Gasteiger charge is -2.32. The van der Waals surface area contributed by atoms with Gasteiger partial charge in [0.15, 0.2) is 0 Å². The zero-order chi connectivity index (χ0) is 15.6. The molecule has 25 heavy (non-hydrogen) atoms. The van der Waals surface area contributed by atoms with Crippen molar-refractivity contribution in [3.05, 3.63) is 42.2 Å². The first-order valence-corrected chi connectivity index (χ1v) is 8.41. The molecule has 1 atom stereocenters. The Morgan fingerprint density at radius 3 is 2.64 bits per heavy atom. The Balaban J connectivity index is 0.00000113. The summed E-state index contributed by atoms with van der Waals surface area (Å²) < 4.78 is 0. The zero-order valence-electron chi connectivity index (χ0n) is 14.1. The van der Waals surface area contributed by atoms with E-state index < -0.39 is 0 Å². The average Bonchev–Trinajstić information content (AvgIpc) is 3.11. The highest BCUT2D eigenvalue weighted by atomic mass is 35.5. The number of benzene rings is 1. The van der Waals surface area contributed by atoms with Crippen LogP contribution in [0, 0.1) is 0 Å². The minimum absolute atomic E-state index is 0. The van der Waals surface area contributed by atoms with Crippen LogP contribution in [0.1, 0.15) is 16.9 Å². The van der Waals surface area contributed by atoms with E-state index in [2.05, 4.69) is 15.2 Å². The van der Waals surface area contributed by atoms with Gasteiger partial charge in [-0.05, 0) is 17.9 Å². The van der Waals surface area contributed by atoms with E-state index in [0.29, 0.717) is 11.7 Å². The molecule has 0 spiro atoms. The van der Waals surface area contributed by atoms with Crippen molar-refractivity contribution >= 4 is 41.5 Å². The number of carbonyl (C=O) groups is 1. The molecule has 4 rings (SSSR count). The second kappa shape index (κ2) is 8.81. The first-order valence-electron chi connectivity index (χ1n) is 8.41. The van der Waals surface area contributed by atoms with E-state index >= 15 is 0 Å². The topological polar surface area (TPSA) is 48.5 Å². The standard InChI is InChI=1S/C18H22N4O.2ClH/c23-18(17-16-4-2-1-3-14(16)5-7-20-17)22-10-6-15(13-22)21-11-8-19-9-12-21;;/h1-5,7,15,19H,6,8-13H2;2*1H. The van der Waals surface area contributed by atoms with Crippen LogP contribution in [-0.4, -0.2) is 66.0 Å². The van der Waals surface area contributed by atoms with Gasteiger partial charge in [0.05, 0.1) is 0 Å². The number of pyridine rings is 1. The quantitative estimate of drug-likeness (QED) is 0.864. The average molecular weight is 383 g/mol. The number of likely N-dealkylation sites (tertiary alicyclic amines) is 1. The molecule has 3 heterocycles. The molecule has 2 aliphatic heterocycles. The lowest BCUT2D eigenvalue weighted by Crippen LogP contribution is -2.49. The molecule has 0 saturated carbocycles. The van der Waals surface area contributed by atoms with Gasteiger partial charge in [-0.25, -0.2) is 0 Å². The summed E-state index contributed by atoms with van der Waals surface area (Å²) in [5.74, 6) is 0.0689. The van der Waals surface area contributed by atoms with Crippen LogP contribution < -0.4 is 5.32 Å². The molecule has 5 nitrogen and oxygen atoms in total. The van der Waals surface area contributed by atoms with Crippen LogP contribution in [0.4, 0.5) is 0 Å². The van der Waals surface area contributed by atoms with Crippen LogP contribution in [0.25, 0.3) is 10.8 Å². The second-order valence-corrected chi connectivity index (χ2v) is 6.36. The highest BCUT2D eigenvalue weighted by molar-refractivity contribution is 6.05. The number of nitrogens with one attached hydrogen (secondary N) is 1. The zero-order valence-corrected chi connectivity index (χ0v) is 15.7. The summed E-state index contributed by atoms with van der Waals surface area (Å²) in [6.45, 7) is 5.92. The third-order valence-corrected chi connectivity index (χ3v) is 4.99. The van der Waals surface area contributed by atoms with E-state index in [9.17, 15) is 4.79 Å². The smallest absolute Gasteiger partial charge is 0.273 e. The van der Waals surface area contributed by atoms with Gasteiger partial charge in [-0.1, -0.05) is 24.3 Å². The normalized spacial score (nSPS) is 20.8. The van der Waals surface area contributed by atoms with Crippen molar-refractivity contribution in [1.29, 1.82) is 0 Å². The van der Waals surface area contributed by atoms with Crippen LogP contribution >= 0.6 is 24.8 Å². The number of halogens is 2. The largest absolute Gasteiger partial charge is 0.336 e. The van der Waals surface area contributed by atoms with E-state index in [1.54, 1.807) is 6.20 Å². The maximum absolute atomic E-state index is 12.9. The molecular weight excluding hydrogens is 359 g/mol. The molecule has 1 unspecified atom stereocenters. The molecule has 0 bridgehead atoms. The fraction of sp³-hybridized carbons (Fsp3) is 0.444. The van der Waals surface area contributed by atoms with Gasteiger partial charge in [0.2, 0.25) is 0 Å². The molecule has 1 N–H and O–H groups in total. The maximum atomic E-state index is 12.9. The van der Waals surface area contributed by atoms with E-state index in [4.69, 9.17) is 0 Å². The van der Waals surface area contributed by atoms with Gasteiger partial charge in [0.1, 0.15) is 5.69 Å². The SMILES string of the molecule is Cl.Cl.O=C(c1nccc2ccccc12)N1CCC(N2CCNCC2)C1. The number of hydrogen-bond acceptors (Lipinski definition) is 4. The Hall–Kier alpha value is -1.40. The van der Waals surface area contributed by atoms with Gasteiger partial charge >= 0.3 is 0 Å². The lowest BCUT2D eigenvalue weighted by molar-refractivity contribution is 0.0770.